The summed E-state index contributed by atoms with van der Waals surface area (Å²) in [5.41, 5.74) is 0.820. The van der Waals surface area contributed by atoms with Gasteiger partial charge in [-0.05, 0) is 14.0 Å². The predicted molar refractivity (Wildman–Crippen MR) is 65.1 cm³/mol. The predicted octanol–water partition coefficient (Wildman–Crippen LogP) is 0.995. The zero-order chi connectivity index (χ0) is 10.6. The maximum absolute atomic E-state index is 11.4. The second-order valence-corrected chi connectivity index (χ2v) is 4.04. The van der Waals surface area contributed by atoms with Crippen molar-refractivity contribution in [2.24, 2.45) is 0 Å². The molecule has 0 bridgehead atoms. The molecule has 1 rings (SSSR count). The normalized spacial score (nSPS) is 9.53. The van der Waals surface area contributed by atoms with Gasteiger partial charge < -0.3 is 10.6 Å². The first-order valence-electron chi connectivity index (χ1n) is 4.52. The monoisotopic (exact) mass is 249 g/mol. The van der Waals surface area contributed by atoms with Crippen LogP contribution in [-0.2, 0) is 6.42 Å². The Morgan fingerprint density at radius 1 is 1.47 bits per heavy atom. The van der Waals surface area contributed by atoms with Gasteiger partial charge in [0.1, 0.15) is 4.88 Å². The van der Waals surface area contributed by atoms with Gasteiger partial charge in [-0.1, -0.05) is 0 Å². The first kappa shape index (κ1) is 14.3. The summed E-state index contributed by atoms with van der Waals surface area (Å²) in [4.78, 5) is 16.4. The minimum absolute atomic E-state index is 0. The molecule has 4 nitrogen and oxygen atoms in total. The van der Waals surface area contributed by atoms with Crippen molar-refractivity contribution >= 4 is 29.7 Å². The molecule has 1 amide bonds. The molecule has 0 spiro atoms. The highest BCUT2D eigenvalue weighted by Crippen LogP contribution is 2.17. The van der Waals surface area contributed by atoms with E-state index in [1.807, 2.05) is 14.0 Å². The number of hydrogen-bond donors (Lipinski definition) is 2. The van der Waals surface area contributed by atoms with Crippen LogP contribution in [0.15, 0.2) is 0 Å². The van der Waals surface area contributed by atoms with Crippen LogP contribution < -0.4 is 10.6 Å². The summed E-state index contributed by atoms with van der Waals surface area (Å²) in [6.07, 6.45) is 0.874. The third-order valence-corrected chi connectivity index (χ3v) is 3.08. The van der Waals surface area contributed by atoms with Gasteiger partial charge in [0.15, 0.2) is 0 Å². The van der Waals surface area contributed by atoms with Gasteiger partial charge in [-0.25, -0.2) is 4.98 Å². The van der Waals surface area contributed by atoms with E-state index in [1.54, 1.807) is 7.05 Å². The number of aryl methyl sites for hydroxylation is 1. The molecule has 86 valence electrons. The Bertz CT molecular complexity index is 327. The van der Waals surface area contributed by atoms with Crippen LogP contribution in [0.1, 0.15) is 20.4 Å². The van der Waals surface area contributed by atoms with Crippen molar-refractivity contribution in [3.63, 3.8) is 0 Å². The minimum atomic E-state index is -0.0456. The molecule has 0 unspecified atom stereocenters. The number of nitrogens with one attached hydrogen (secondary N) is 2. The van der Waals surface area contributed by atoms with E-state index in [0.717, 1.165) is 28.5 Å². The Balaban J connectivity index is 0.00000196. The number of halogens is 1. The molecule has 2 N–H and O–H groups in total. The van der Waals surface area contributed by atoms with Gasteiger partial charge in [-0.15, -0.1) is 23.7 Å². The number of amides is 1. The van der Waals surface area contributed by atoms with Crippen LogP contribution in [0, 0.1) is 6.92 Å². The highest BCUT2D eigenvalue weighted by atomic mass is 35.5. The fraction of sp³-hybridized carbons (Fsp3) is 0.556. The number of carbonyl (C=O) groups excluding carboxylic acids is 1. The summed E-state index contributed by atoms with van der Waals surface area (Å²) >= 11 is 1.47. The molecule has 0 radical (unpaired) electrons. The summed E-state index contributed by atoms with van der Waals surface area (Å²) in [5, 5.41) is 6.67. The molecular weight excluding hydrogens is 234 g/mol. The van der Waals surface area contributed by atoms with Gasteiger partial charge in [-0.2, -0.15) is 0 Å². The lowest BCUT2D eigenvalue weighted by atomic mass is 10.4. The summed E-state index contributed by atoms with van der Waals surface area (Å²) in [6, 6.07) is 0. The molecule has 0 saturated heterocycles. The van der Waals surface area contributed by atoms with E-state index in [0.29, 0.717) is 0 Å². The number of thiazole rings is 1. The Hall–Kier alpha value is -0.650. The molecule has 6 heteroatoms. The van der Waals surface area contributed by atoms with Gasteiger partial charge in [0.25, 0.3) is 5.91 Å². The zero-order valence-electron chi connectivity index (χ0n) is 9.09. The average Bonchev–Trinajstić information content (AvgIpc) is 2.55. The number of nitrogens with zero attached hydrogens (tertiary/aromatic N) is 1. The third-order valence-electron chi connectivity index (χ3n) is 1.86. The topological polar surface area (TPSA) is 54.0 Å². The highest BCUT2D eigenvalue weighted by molar-refractivity contribution is 7.13. The van der Waals surface area contributed by atoms with E-state index in [9.17, 15) is 4.79 Å². The lowest BCUT2D eigenvalue weighted by Gasteiger charge is -1.94. The van der Waals surface area contributed by atoms with Crippen LogP contribution in [-0.4, -0.2) is 31.5 Å². The molecule has 0 aliphatic carbocycles. The quantitative estimate of drug-likeness (QED) is 0.837. The Labute approximate surface area is 99.9 Å². The first-order valence-corrected chi connectivity index (χ1v) is 5.33. The maximum atomic E-state index is 11.4. The van der Waals surface area contributed by atoms with Crippen molar-refractivity contribution in [3.8, 4) is 0 Å². The molecule has 0 atom stereocenters. The Kier molecular flexibility index (Phi) is 6.47. The number of likely N-dealkylation sites (N-methyl/N-ethyl adjacent to an activating group) is 1. The maximum Gasteiger partial charge on any atom is 0.263 e. The molecular formula is C9H16ClN3OS. The van der Waals surface area contributed by atoms with Crippen LogP contribution in [0.5, 0.6) is 0 Å². The summed E-state index contributed by atoms with van der Waals surface area (Å²) in [7, 11) is 3.54. The number of carbonyl (C=O) groups is 1. The van der Waals surface area contributed by atoms with E-state index in [1.165, 1.54) is 11.3 Å². The van der Waals surface area contributed by atoms with Crippen LogP contribution in [0.2, 0.25) is 0 Å². The molecule has 0 aromatic carbocycles. The van der Waals surface area contributed by atoms with Gasteiger partial charge in [0.2, 0.25) is 0 Å². The Morgan fingerprint density at radius 2 is 2.13 bits per heavy atom. The molecule has 1 aromatic rings. The molecule has 1 aromatic heterocycles. The van der Waals surface area contributed by atoms with Gasteiger partial charge in [0.05, 0.1) is 10.7 Å². The SMILES string of the molecule is CNCCc1nc(C)c(C(=O)NC)s1.Cl. The summed E-state index contributed by atoms with van der Waals surface area (Å²) in [6.45, 7) is 2.75. The first-order chi connectivity index (χ1) is 6.69. The van der Waals surface area contributed by atoms with Crippen molar-refractivity contribution in [3.05, 3.63) is 15.6 Å². The van der Waals surface area contributed by atoms with Gasteiger partial charge in [0, 0.05) is 20.0 Å². The average molecular weight is 250 g/mol. The van der Waals surface area contributed by atoms with Crippen LogP contribution in [0.3, 0.4) is 0 Å². The molecule has 0 aliphatic heterocycles. The Morgan fingerprint density at radius 3 is 2.67 bits per heavy atom. The van der Waals surface area contributed by atoms with Gasteiger partial charge in [-0.3, -0.25) is 4.79 Å². The van der Waals surface area contributed by atoms with E-state index < -0.39 is 0 Å². The standard InChI is InChI=1S/C9H15N3OS.ClH/c1-6-8(9(13)11-3)14-7(12-6)4-5-10-2;/h10H,4-5H2,1-3H3,(H,11,13);1H. The van der Waals surface area contributed by atoms with Crippen molar-refractivity contribution < 1.29 is 4.79 Å². The van der Waals surface area contributed by atoms with Crippen molar-refractivity contribution in [1.29, 1.82) is 0 Å². The van der Waals surface area contributed by atoms with E-state index in [-0.39, 0.29) is 18.3 Å². The van der Waals surface area contributed by atoms with E-state index in [4.69, 9.17) is 0 Å². The van der Waals surface area contributed by atoms with Crippen molar-refractivity contribution in [2.45, 2.75) is 13.3 Å². The number of aromatic nitrogens is 1. The zero-order valence-corrected chi connectivity index (χ0v) is 10.7. The van der Waals surface area contributed by atoms with Crippen molar-refractivity contribution in [2.75, 3.05) is 20.6 Å². The van der Waals surface area contributed by atoms with Gasteiger partial charge >= 0.3 is 0 Å². The summed E-state index contributed by atoms with van der Waals surface area (Å²) in [5.74, 6) is -0.0456. The second-order valence-electron chi connectivity index (χ2n) is 2.95. The molecule has 0 aliphatic rings. The van der Waals surface area contributed by atoms with E-state index in [2.05, 4.69) is 15.6 Å². The summed E-state index contributed by atoms with van der Waals surface area (Å²) < 4.78 is 0. The molecule has 0 fully saturated rings. The number of rotatable bonds is 4. The molecule has 1 heterocycles. The smallest absolute Gasteiger partial charge is 0.263 e. The van der Waals surface area contributed by atoms with Crippen molar-refractivity contribution in [1.82, 2.24) is 15.6 Å². The molecule has 15 heavy (non-hydrogen) atoms. The van der Waals surface area contributed by atoms with Crippen LogP contribution in [0.25, 0.3) is 0 Å². The largest absolute Gasteiger partial charge is 0.354 e. The lowest BCUT2D eigenvalue weighted by Crippen LogP contribution is -2.17. The highest BCUT2D eigenvalue weighted by Gasteiger charge is 2.12. The lowest BCUT2D eigenvalue weighted by molar-refractivity contribution is 0.0966. The molecule has 0 saturated carbocycles. The fourth-order valence-corrected chi connectivity index (χ4v) is 2.13. The minimum Gasteiger partial charge on any atom is -0.354 e. The van der Waals surface area contributed by atoms with Crippen LogP contribution in [0.4, 0.5) is 0 Å². The third kappa shape index (κ3) is 3.77. The second kappa shape index (κ2) is 6.76. The number of hydrogen-bond acceptors (Lipinski definition) is 4. The van der Waals surface area contributed by atoms with Crippen LogP contribution >= 0.6 is 23.7 Å². The fourth-order valence-electron chi connectivity index (χ4n) is 1.12. The van der Waals surface area contributed by atoms with E-state index >= 15 is 0 Å².